The summed E-state index contributed by atoms with van der Waals surface area (Å²) < 4.78 is 0. The lowest BCUT2D eigenvalue weighted by atomic mass is 10.1. The van der Waals surface area contributed by atoms with Crippen LogP contribution in [0, 0.1) is 0 Å². The number of hydrogen-bond acceptors (Lipinski definition) is 5. The Bertz CT molecular complexity index is 931. The highest BCUT2D eigenvalue weighted by atomic mass is 16.2. The summed E-state index contributed by atoms with van der Waals surface area (Å²) >= 11 is 0. The van der Waals surface area contributed by atoms with Crippen LogP contribution in [0.25, 0.3) is 11.0 Å². The number of carbonyl (C=O) groups excluding carboxylic acids is 2. The Kier molecular flexibility index (Phi) is 4.30. The van der Waals surface area contributed by atoms with Crippen molar-refractivity contribution < 1.29 is 9.59 Å². The largest absolute Gasteiger partial charge is 0.345 e. The van der Waals surface area contributed by atoms with Crippen molar-refractivity contribution in [3.05, 3.63) is 54.4 Å². The number of rotatable bonds is 3. The van der Waals surface area contributed by atoms with E-state index in [0.29, 0.717) is 38.3 Å². The molecule has 0 unspecified atom stereocenters. The fourth-order valence-electron chi connectivity index (χ4n) is 3.11. The predicted octanol–water partition coefficient (Wildman–Crippen LogP) is 0.880. The Morgan fingerprint density at radius 2 is 1.85 bits per heavy atom. The maximum Gasteiger partial charge on any atom is 0.274 e. The molecule has 0 radical (unpaired) electrons. The normalized spacial score (nSPS) is 14.6. The summed E-state index contributed by atoms with van der Waals surface area (Å²) in [5, 5.41) is 0. The third-order valence-corrected chi connectivity index (χ3v) is 4.54. The number of nitrogens with one attached hydrogen (secondary N) is 1. The van der Waals surface area contributed by atoms with Gasteiger partial charge in [-0.05, 0) is 17.7 Å². The number of imidazole rings is 1. The first-order valence-electron chi connectivity index (χ1n) is 8.46. The molecule has 0 aliphatic carbocycles. The van der Waals surface area contributed by atoms with E-state index in [0.717, 1.165) is 16.6 Å². The lowest BCUT2D eigenvalue weighted by Crippen LogP contribution is -2.51. The molecule has 8 nitrogen and oxygen atoms in total. The topological polar surface area (TPSA) is 95.1 Å². The molecule has 1 saturated heterocycles. The van der Waals surface area contributed by atoms with E-state index >= 15 is 0 Å². The van der Waals surface area contributed by atoms with Crippen molar-refractivity contribution >= 4 is 22.8 Å². The molecule has 3 heterocycles. The lowest BCUT2D eigenvalue weighted by Gasteiger charge is -2.34. The second-order valence-corrected chi connectivity index (χ2v) is 6.19. The summed E-state index contributed by atoms with van der Waals surface area (Å²) in [5.74, 6) is -0.0784. The van der Waals surface area contributed by atoms with Crippen molar-refractivity contribution in [1.29, 1.82) is 0 Å². The molecule has 3 aromatic rings. The first kappa shape index (κ1) is 16.2. The van der Waals surface area contributed by atoms with Gasteiger partial charge in [0.1, 0.15) is 5.69 Å². The second-order valence-electron chi connectivity index (χ2n) is 6.19. The summed E-state index contributed by atoms with van der Waals surface area (Å²) in [6.45, 7) is 2.05. The van der Waals surface area contributed by atoms with E-state index in [2.05, 4.69) is 19.9 Å². The van der Waals surface area contributed by atoms with Crippen LogP contribution in [0.4, 0.5) is 0 Å². The number of fused-ring (bicyclic) bond motifs is 1. The minimum Gasteiger partial charge on any atom is -0.345 e. The number of hydrogen-bond donors (Lipinski definition) is 1. The molecule has 0 atom stereocenters. The molecule has 1 fully saturated rings. The van der Waals surface area contributed by atoms with Crippen molar-refractivity contribution in [3.63, 3.8) is 0 Å². The first-order valence-corrected chi connectivity index (χ1v) is 8.46. The maximum absolute atomic E-state index is 12.6. The third-order valence-electron chi connectivity index (χ3n) is 4.54. The van der Waals surface area contributed by atoms with E-state index in [1.54, 1.807) is 16.1 Å². The van der Waals surface area contributed by atoms with Gasteiger partial charge in [0.05, 0.1) is 30.0 Å². The molecule has 2 aromatic heterocycles. The van der Waals surface area contributed by atoms with Gasteiger partial charge >= 0.3 is 0 Å². The van der Waals surface area contributed by atoms with Gasteiger partial charge in [0.15, 0.2) is 0 Å². The Morgan fingerprint density at radius 3 is 2.62 bits per heavy atom. The summed E-state index contributed by atoms with van der Waals surface area (Å²) in [5.41, 5.74) is 3.09. The number of amides is 2. The van der Waals surface area contributed by atoms with Crippen LogP contribution >= 0.6 is 0 Å². The zero-order chi connectivity index (χ0) is 17.9. The highest BCUT2D eigenvalue weighted by molar-refractivity contribution is 5.92. The maximum atomic E-state index is 12.6. The van der Waals surface area contributed by atoms with Crippen molar-refractivity contribution in [2.75, 3.05) is 26.2 Å². The van der Waals surface area contributed by atoms with Gasteiger partial charge < -0.3 is 14.8 Å². The highest BCUT2D eigenvalue weighted by Gasteiger charge is 2.25. The van der Waals surface area contributed by atoms with Crippen LogP contribution in [0.3, 0.4) is 0 Å². The third kappa shape index (κ3) is 3.26. The minimum atomic E-state index is -0.144. The van der Waals surface area contributed by atoms with Crippen LogP contribution in [0.1, 0.15) is 16.1 Å². The number of aromatic nitrogens is 4. The van der Waals surface area contributed by atoms with Crippen molar-refractivity contribution in [1.82, 2.24) is 29.7 Å². The van der Waals surface area contributed by atoms with Gasteiger partial charge in [-0.1, -0.05) is 6.07 Å². The summed E-state index contributed by atoms with van der Waals surface area (Å²) in [4.78, 5) is 43.7. The van der Waals surface area contributed by atoms with E-state index in [9.17, 15) is 9.59 Å². The lowest BCUT2D eigenvalue weighted by molar-refractivity contribution is -0.131. The average Bonchev–Trinajstić information content (AvgIpc) is 3.16. The zero-order valence-corrected chi connectivity index (χ0v) is 14.1. The Labute approximate surface area is 149 Å². The smallest absolute Gasteiger partial charge is 0.274 e. The van der Waals surface area contributed by atoms with E-state index in [1.807, 2.05) is 18.2 Å². The monoisotopic (exact) mass is 350 g/mol. The molecule has 26 heavy (non-hydrogen) atoms. The molecule has 1 N–H and O–H groups in total. The molecular weight excluding hydrogens is 332 g/mol. The predicted molar refractivity (Wildman–Crippen MR) is 94.3 cm³/mol. The standard InChI is InChI=1S/C18H18N6O2/c25-17(10-13-1-2-14-15(9-13)22-12-21-14)23-5-7-24(8-6-23)18(26)16-11-19-3-4-20-16/h1-4,9,11-12H,5-8,10H2,(H,21,22). The molecule has 132 valence electrons. The van der Waals surface area contributed by atoms with Crippen LogP contribution < -0.4 is 0 Å². The molecule has 1 aromatic carbocycles. The van der Waals surface area contributed by atoms with Gasteiger partial charge in [0, 0.05) is 38.6 Å². The number of H-pyrrole nitrogens is 1. The van der Waals surface area contributed by atoms with Crippen molar-refractivity contribution in [3.8, 4) is 0 Å². The van der Waals surface area contributed by atoms with Gasteiger partial charge in [-0.2, -0.15) is 0 Å². The van der Waals surface area contributed by atoms with Crippen LogP contribution in [0.5, 0.6) is 0 Å². The van der Waals surface area contributed by atoms with Gasteiger partial charge in [-0.25, -0.2) is 9.97 Å². The van der Waals surface area contributed by atoms with Crippen LogP contribution in [-0.4, -0.2) is 67.7 Å². The molecule has 4 rings (SSSR count). The Hall–Kier alpha value is -3.29. The molecule has 0 spiro atoms. The quantitative estimate of drug-likeness (QED) is 0.757. The summed E-state index contributed by atoms with van der Waals surface area (Å²) in [6.07, 6.45) is 6.49. The first-order chi connectivity index (χ1) is 12.7. The molecule has 0 bridgehead atoms. The number of piperazine rings is 1. The van der Waals surface area contributed by atoms with E-state index < -0.39 is 0 Å². The average molecular weight is 350 g/mol. The molecule has 2 amide bonds. The van der Waals surface area contributed by atoms with Gasteiger partial charge in [0.2, 0.25) is 5.91 Å². The molecule has 1 aliphatic heterocycles. The molecular formula is C18H18N6O2. The molecule has 0 saturated carbocycles. The van der Waals surface area contributed by atoms with Gasteiger partial charge in [-0.3, -0.25) is 14.6 Å². The fraction of sp³-hybridized carbons (Fsp3) is 0.278. The Balaban J connectivity index is 1.35. The highest BCUT2D eigenvalue weighted by Crippen LogP contribution is 2.14. The van der Waals surface area contributed by atoms with E-state index in [4.69, 9.17) is 0 Å². The van der Waals surface area contributed by atoms with Gasteiger partial charge in [0.25, 0.3) is 5.91 Å². The number of nitrogens with zero attached hydrogens (tertiary/aromatic N) is 5. The SMILES string of the molecule is O=C(Cc1ccc2nc[nH]c2c1)N1CCN(C(=O)c2cnccn2)CC1. The van der Waals surface area contributed by atoms with Crippen molar-refractivity contribution in [2.45, 2.75) is 6.42 Å². The number of aromatic amines is 1. The number of carbonyl (C=O) groups is 2. The molecule has 8 heteroatoms. The number of benzene rings is 1. The van der Waals surface area contributed by atoms with Crippen LogP contribution in [-0.2, 0) is 11.2 Å². The Morgan fingerprint density at radius 1 is 1.04 bits per heavy atom. The van der Waals surface area contributed by atoms with Gasteiger partial charge in [-0.15, -0.1) is 0 Å². The van der Waals surface area contributed by atoms with Crippen LogP contribution in [0.15, 0.2) is 43.1 Å². The minimum absolute atomic E-state index is 0.0652. The molecule has 1 aliphatic rings. The fourth-order valence-corrected chi connectivity index (χ4v) is 3.11. The summed E-state index contributed by atoms with van der Waals surface area (Å²) in [6, 6.07) is 5.79. The van der Waals surface area contributed by atoms with Crippen LogP contribution in [0.2, 0.25) is 0 Å². The summed E-state index contributed by atoms with van der Waals surface area (Å²) in [7, 11) is 0. The second kappa shape index (κ2) is 6.91. The van der Waals surface area contributed by atoms with E-state index in [1.165, 1.54) is 18.6 Å². The van der Waals surface area contributed by atoms with E-state index in [-0.39, 0.29) is 11.8 Å². The zero-order valence-electron chi connectivity index (χ0n) is 14.1. The van der Waals surface area contributed by atoms with Crippen molar-refractivity contribution in [2.24, 2.45) is 0 Å².